The first kappa shape index (κ1) is 14.9. The molecule has 0 unspecified atom stereocenters. The number of rotatable bonds is 8. The second-order valence-electron chi connectivity index (χ2n) is 4.39. The molecular weight excluding hydrogens is 268 g/mol. The Morgan fingerprint density at radius 3 is 2.43 bits per heavy atom. The lowest BCUT2D eigenvalue weighted by atomic mass is 10.2. The van der Waals surface area contributed by atoms with Gasteiger partial charge in [0.25, 0.3) is 0 Å². The molecule has 110 valence electrons. The van der Waals surface area contributed by atoms with Crippen LogP contribution in [0.1, 0.15) is 16.8 Å². The molecule has 0 aliphatic heterocycles. The number of methoxy groups -OCH3 is 1. The van der Waals surface area contributed by atoms with Crippen LogP contribution in [0.2, 0.25) is 0 Å². The summed E-state index contributed by atoms with van der Waals surface area (Å²) in [6.07, 6.45) is 1.54. The second-order valence-corrected chi connectivity index (χ2v) is 4.39. The summed E-state index contributed by atoms with van der Waals surface area (Å²) in [6.45, 7) is 1.10. The highest BCUT2D eigenvalue weighted by atomic mass is 16.5. The molecule has 2 rings (SSSR count). The van der Waals surface area contributed by atoms with Crippen LogP contribution in [0.3, 0.4) is 0 Å². The summed E-state index contributed by atoms with van der Waals surface area (Å²) in [7, 11) is 1.55. The Morgan fingerprint density at radius 2 is 1.71 bits per heavy atom. The van der Waals surface area contributed by atoms with Crippen LogP contribution < -0.4 is 14.2 Å². The Bertz CT molecular complexity index is 566. The maximum atomic E-state index is 10.7. The van der Waals surface area contributed by atoms with Crippen molar-refractivity contribution in [3.8, 4) is 17.2 Å². The fourth-order valence-corrected chi connectivity index (χ4v) is 1.82. The fourth-order valence-electron chi connectivity index (χ4n) is 1.82. The van der Waals surface area contributed by atoms with Crippen LogP contribution in [0.5, 0.6) is 17.2 Å². The predicted molar refractivity (Wildman–Crippen MR) is 80.4 cm³/mol. The second kappa shape index (κ2) is 7.94. The van der Waals surface area contributed by atoms with Gasteiger partial charge >= 0.3 is 0 Å². The molecule has 0 atom stereocenters. The molecule has 0 bridgehead atoms. The van der Waals surface area contributed by atoms with E-state index in [1.807, 2.05) is 30.3 Å². The van der Waals surface area contributed by atoms with E-state index in [-0.39, 0.29) is 0 Å². The van der Waals surface area contributed by atoms with Crippen molar-refractivity contribution >= 4 is 6.29 Å². The number of carbonyl (C=O) groups is 1. The van der Waals surface area contributed by atoms with Crippen molar-refractivity contribution in [3.05, 3.63) is 54.1 Å². The number of aldehydes is 1. The van der Waals surface area contributed by atoms with E-state index in [9.17, 15) is 4.79 Å². The zero-order chi connectivity index (χ0) is 14.9. The standard InChI is InChI=1S/C17H18O4/c1-19-17-12-14(13-18)8-9-16(17)21-11-5-10-20-15-6-3-2-4-7-15/h2-4,6-9,12-13H,5,10-11H2,1H3. The number of para-hydroxylation sites is 1. The van der Waals surface area contributed by atoms with Gasteiger partial charge in [0.1, 0.15) is 12.0 Å². The Morgan fingerprint density at radius 1 is 0.952 bits per heavy atom. The smallest absolute Gasteiger partial charge is 0.161 e. The molecular formula is C17H18O4. The summed E-state index contributed by atoms with van der Waals surface area (Å²) < 4.78 is 16.4. The van der Waals surface area contributed by atoms with E-state index < -0.39 is 0 Å². The highest BCUT2D eigenvalue weighted by Gasteiger charge is 2.05. The van der Waals surface area contributed by atoms with E-state index in [1.54, 1.807) is 25.3 Å². The van der Waals surface area contributed by atoms with Crippen LogP contribution in [0.25, 0.3) is 0 Å². The Kier molecular flexibility index (Phi) is 5.64. The molecule has 0 saturated heterocycles. The van der Waals surface area contributed by atoms with Gasteiger partial charge in [-0.2, -0.15) is 0 Å². The van der Waals surface area contributed by atoms with Crippen molar-refractivity contribution in [2.24, 2.45) is 0 Å². The van der Waals surface area contributed by atoms with Crippen LogP contribution in [-0.2, 0) is 0 Å². The van der Waals surface area contributed by atoms with E-state index in [0.29, 0.717) is 30.3 Å². The maximum absolute atomic E-state index is 10.7. The van der Waals surface area contributed by atoms with Gasteiger partial charge in [0, 0.05) is 12.0 Å². The van der Waals surface area contributed by atoms with Crippen LogP contribution in [0.4, 0.5) is 0 Å². The van der Waals surface area contributed by atoms with Crippen molar-refractivity contribution in [2.75, 3.05) is 20.3 Å². The third-order valence-corrected chi connectivity index (χ3v) is 2.88. The topological polar surface area (TPSA) is 44.8 Å². The summed E-state index contributed by atoms with van der Waals surface area (Å²) in [5, 5.41) is 0. The van der Waals surface area contributed by atoms with Gasteiger partial charge in [-0.1, -0.05) is 18.2 Å². The predicted octanol–water partition coefficient (Wildman–Crippen LogP) is 3.36. The van der Waals surface area contributed by atoms with Crippen molar-refractivity contribution in [1.29, 1.82) is 0 Å². The van der Waals surface area contributed by atoms with Crippen molar-refractivity contribution < 1.29 is 19.0 Å². The summed E-state index contributed by atoms with van der Waals surface area (Å²) in [4.78, 5) is 10.7. The van der Waals surface area contributed by atoms with E-state index in [2.05, 4.69) is 0 Å². The van der Waals surface area contributed by atoms with Crippen molar-refractivity contribution in [2.45, 2.75) is 6.42 Å². The molecule has 2 aromatic rings. The SMILES string of the molecule is COc1cc(C=O)ccc1OCCCOc1ccccc1. The monoisotopic (exact) mass is 286 g/mol. The first-order chi connectivity index (χ1) is 10.3. The molecule has 0 N–H and O–H groups in total. The van der Waals surface area contributed by atoms with Gasteiger partial charge in [-0.15, -0.1) is 0 Å². The minimum absolute atomic E-state index is 0.517. The molecule has 0 amide bonds. The summed E-state index contributed by atoms with van der Waals surface area (Å²) in [5.41, 5.74) is 0.562. The molecule has 0 aromatic heterocycles. The van der Waals surface area contributed by atoms with E-state index in [1.165, 1.54) is 0 Å². The number of carbonyl (C=O) groups excluding carboxylic acids is 1. The highest BCUT2D eigenvalue weighted by Crippen LogP contribution is 2.27. The molecule has 0 spiro atoms. The average molecular weight is 286 g/mol. The van der Waals surface area contributed by atoms with Crippen LogP contribution in [-0.4, -0.2) is 26.6 Å². The molecule has 21 heavy (non-hydrogen) atoms. The average Bonchev–Trinajstić information content (AvgIpc) is 2.55. The fraction of sp³-hybridized carbons (Fsp3) is 0.235. The van der Waals surface area contributed by atoms with Gasteiger partial charge in [-0.25, -0.2) is 0 Å². The summed E-state index contributed by atoms with van der Waals surface area (Å²) in [6, 6.07) is 14.8. The third-order valence-electron chi connectivity index (χ3n) is 2.88. The molecule has 0 radical (unpaired) electrons. The maximum Gasteiger partial charge on any atom is 0.161 e. The first-order valence-electron chi connectivity index (χ1n) is 6.77. The van der Waals surface area contributed by atoms with Crippen molar-refractivity contribution in [3.63, 3.8) is 0 Å². The lowest BCUT2D eigenvalue weighted by Crippen LogP contribution is -2.05. The van der Waals surface area contributed by atoms with Crippen LogP contribution >= 0.6 is 0 Å². The molecule has 2 aromatic carbocycles. The van der Waals surface area contributed by atoms with E-state index in [0.717, 1.165) is 18.5 Å². The van der Waals surface area contributed by atoms with Crippen molar-refractivity contribution in [1.82, 2.24) is 0 Å². The molecule has 4 nitrogen and oxygen atoms in total. The lowest BCUT2D eigenvalue weighted by molar-refractivity contribution is 0.112. The quantitative estimate of drug-likeness (QED) is 0.551. The number of hydrogen-bond donors (Lipinski definition) is 0. The molecule has 0 saturated carbocycles. The van der Waals surface area contributed by atoms with Gasteiger partial charge in [0.2, 0.25) is 0 Å². The molecule has 4 heteroatoms. The van der Waals surface area contributed by atoms with Gasteiger partial charge < -0.3 is 14.2 Å². The largest absolute Gasteiger partial charge is 0.493 e. The number of hydrogen-bond acceptors (Lipinski definition) is 4. The third kappa shape index (κ3) is 4.53. The van der Waals surface area contributed by atoms with Gasteiger partial charge in [-0.3, -0.25) is 4.79 Å². The van der Waals surface area contributed by atoms with Gasteiger partial charge in [0.15, 0.2) is 11.5 Å². The first-order valence-corrected chi connectivity index (χ1v) is 6.77. The van der Waals surface area contributed by atoms with E-state index in [4.69, 9.17) is 14.2 Å². The number of benzene rings is 2. The Hall–Kier alpha value is -2.49. The van der Waals surface area contributed by atoms with Gasteiger partial charge in [-0.05, 0) is 30.3 Å². The Labute approximate surface area is 124 Å². The molecule has 0 heterocycles. The minimum atomic E-state index is 0.517. The van der Waals surface area contributed by atoms with Gasteiger partial charge in [0.05, 0.1) is 20.3 Å². The summed E-state index contributed by atoms with van der Waals surface area (Å²) in [5.74, 6) is 2.04. The normalized spacial score (nSPS) is 9.95. The molecule has 0 aliphatic carbocycles. The molecule has 0 fully saturated rings. The Balaban J connectivity index is 1.77. The summed E-state index contributed by atoms with van der Waals surface area (Å²) >= 11 is 0. The lowest BCUT2D eigenvalue weighted by Gasteiger charge is -2.11. The zero-order valence-electron chi connectivity index (χ0n) is 12.0. The highest BCUT2D eigenvalue weighted by molar-refractivity contribution is 5.76. The molecule has 0 aliphatic rings. The minimum Gasteiger partial charge on any atom is -0.493 e. The number of ether oxygens (including phenoxy) is 3. The van der Waals surface area contributed by atoms with Crippen LogP contribution in [0.15, 0.2) is 48.5 Å². The van der Waals surface area contributed by atoms with E-state index >= 15 is 0 Å². The van der Waals surface area contributed by atoms with Crippen LogP contribution in [0, 0.1) is 0 Å². The zero-order valence-corrected chi connectivity index (χ0v) is 12.0.